The van der Waals surface area contributed by atoms with Gasteiger partial charge in [0.15, 0.2) is 5.96 Å². The van der Waals surface area contributed by atoms with Gasteiger partial charge in [0.2, 0.25) is 0 Å². The lowest BCUT2D eigenvalue weighted by molar-refractivity contribution is 0.396. The second-order valence-electron chi connectivity index (χ2n) is 5.31. The van der Waals surface area contributed by atoms with E-state index in [1.807, 2.05) is 18.2 Å². The van der Waals surface area contributed by atoms with Crippen molar-refractivity contribution in [3.05, 3.63) is 29.8 Å². The number of benzene rings is 1. The minimum atomic E-state index is 0.792. The summed E-state index contributed by atoms with van der Waals surface area (Å²) in [5.74, 6) is 2.71. The van der Waals surface area contributed by atoms with Crippen LogP contribution in [0.1, 0.15) is 25.3 Å². The van der Waals surface area contributed by atoms with Crippen LogP contribution in [0.2, 0.25) is 0 Å². The van der Waals surface area contributed by atoms with Gasteiger partial charge >= 0.3 is 0 Å². The third kappa shape index (κ3) is 4.15. The monoisotopic (exact) mass is 275 g/mol. The van der Waals surface area contributed by atoms with Gasteiger partial charge in [-0.25, -0.2) is 0 Å². The summed E-state index contributed by atoms with van der Waals surface area (Å²) in [5.41, 5.74) is 1.18. The van der Waals surface area contributed by atoms with Crippen molar-refractivity contribution in [3.8, 4) is 5.75 Å². The summed E-state index contributed by atoms with van der Waals surface area (Å²) in [4.78, 5) is 6.87. The van der Waals surface area contributed by atoms with Crippen molar-refractivity contribution in [2.24, 2.45) is 10.9 Å². The van der Waals surface area contributed by atoms with Crippen molar-refractivity contribution >= 4 is 5.96 Å². The van der Waals surface area contributed by atoms with Crippen LogP contribution in [0, 0.1) is 5.92 Å². The van der Waals surface area contributed by atoms with Gasteiger partial charge in [0, 0.05) is 32.2 Å². The fourth-order valence-electron chi connectivity index (χ4n) is 2.15. The van der Waals surface area contributed by atoms with E-state index in [0.717, 1.165) is 37.3 Å². The second kappa shape index (κ2) is 7.17. The van der Waals surface area contributed by atoms with E-state index < -0.39 is 0 Å². The Balaban J connectivity index is 2.02. The van der Waals surface area contributed by atoms with Gasteiger partial charge in [0.05, 0.1) is 7.11 Å². The van der Waals surface area contributed by atoms with E-state index in [-0.39, 0.29) is 0 Å². The smallest absolute Gasteiger partial charge is 0.193 e. The number of nitrogens with zero attached hydrogens (tertiary/aromatic N) is 2. The summed E-state index contributed by atoms with van der Waals surface area (Å²) in [6.45, 7) is 4.72. The summed E-state index contributed by atoms with van der Waals surface area (Å²) in [5, 5.41) is 3.36. The van der Waals surface area contributed by atoms with E-state index in [9.17, 15) is 0 Å². The molecule has 0 unspecified atom stereocenters. The molecule has 4 nitrogen and oxygen atoms in total. The zero-order valence-corrected chi connectivity index (χ0v) is 12.7. The van der Waals surface area contributed by atoms with Crippen LogP contribution in [0.15, 0.2) is 29.3 Å². The summed E-state index contributed by atoms with van der Waals surface area (Å²) < 4.78 is 5.41. The van der Waals surface area contributed by atoms with Gasteiger partial charge in [-0.1, -0.05) is 18.2 Å². The van der Waals surface area contributed by atoms with Crippen LogP contribution in [0.4, 0.5) is 0 Å². The lowest BCUT2D eigenvalue weighted by atomic mass is 10.2. The molecule has 110 valence electrons. The zero-order chi connectivity index (χ0) is 14.4. The molecule has 1 fully saturated rings. The first-order valence-corrected chi connectivity index (χ1v) is 7.36. The van der Waals surface area contributed by atoms with E-state index in [1.165, 1.54) is 18.4 Å². The molecule has 0 radical (unpaired) electrons. The van der Waals surface area contributed by atoms with E-state index in [0.29, 0.717) is 0 Å². The molecule has 0 aromatic heterocycles. The van der Waals surface area contributed by atoms with Crippen LogP contribution < -0.4 is 10.1 Å². The van der Waals surface area contributed by atoms with E-state index >= 15 is 0 Å². The number of nitrogens with one attached hydrogen (secondary N) is 1. The van der Waals surface area contributed by atoms with E-state index in [4.69, 9.17) is 9.73 Å². The number of hydrogen-bond acceptors (Lipinski definition) is 2. The lowest BCUT2D eigenvalue weighted by Gasteiger charge is -2.23. The molecule has 1 N–H and O–H groups in total. The highest BCUT2D eigenvalue weighted by Gasteiger charge is 2.21. The maximum absolute atomic E-state index is 5.41. The standard InChI is InChI=1S/C16H25N3O/c1-4-17-16(18-11-13-9-10-13)19(2)12-14-7-5-6-8-15(14)20-3/h5-8,13H,4,9-12H2,1-3H3,(H,17,18). The third-order valence-corrected chi connectivity index (χ3v) is 3.49. The average Bonchev–Trinajstić information content (AvgIpc) is 3.28. The number of ether oxygens (including phenoxy) is 1. The molecule has 20 heavy (non-hydrogen) atoms. The molecule has 0 heterocycles. The molecular weight excluding hydrogens is 250 g/mol. The summed E-state index contributed by atoms with van der Waals surface area (Å²) in [7, 11) is 3.78. The average molecular weight is 275 g/mol. The van der Waals surface area contributed by atoms with E-state index in [2.05, 4.69) is 30.3 Å². The summed E-state index contributed by atoms with van der Waals surface area (Å²) in [6, 6.07) is 8.13. The van der Waals surface area contributed by atoms with Gasteiger partial charge in [-0.2, -0.15) is 0 Å². The molecule has 0 spiro atoms. The quantitative estimate of drug-likeness (QED) is 0.640. The number of hydrogen-bond donors (Lipinski definition) is 1. The number of guanidine groups is 1. The molecule has 2 rings (SSSR count). The zero-order valence-electron chi connectivity index (χ0n) is 12.7. The van der Waals surface area contributed by atoms with Crippen molar-refractivity contribution in [1.82, 2.24) is 10.2 Å². The molecule has 1 aromatic rings. The van der Waals surface area contributed by atoms with Gasteiger partial charge in [-0.15, -0.1) is 0 Å². The molecule has 1 aromatic carbocycles. The Morgan fingerprint density at radius 1 is 1.40 bits per heavy atom. The first-order chi connectivity index (χ1) is 9.74. The van der Waals surface area contributed by atoms with Crippen LogP contribution in [-0.2, 0) is 6.54 Å². The molecule has 1 saturated carbocycles. The normalized spacial score (nSPS) is 15.1. The van der Waals surface area contributed by atoms with Crippen molar-refractivity contribution in [1.29, 1.82) is 0 Å². The molecule has 4 heteroatoms. The largest absolute Gasteiger partial charge is 0.496 e. The summed E-state index contributed by atoms with van der Waals surface area (Å²) in [6.07, 6.45) is 2.66. The Kier molecular flexibility index (Phi) is 5.27. The van der Waals surface area contributed by atoms with Crippen molar-refractivity contribution < 1.29 is 4.74 Å². The van der Waals surface area contributed by atoms with Gasteiger partial charge < -0.3 is 15.0 Å². The molecule has 0 amide bonds. The minimum absolute atomic E-state index is 0.792. The molecule has 0 saturated heterocycles. The van der Waals surface area contributed by atoms with Crippen molar-refractivity contribution in [2.45, 2.75) is 26.3 Å². The fraction of sp³-hybridized carbons (Fsp3) is 0.562. The van der Waals surface area contributed by atoms with Gasteiger partial charge in [0.1, 0.15) is 5.75 Å². The van der Waals surface area contributed by atoms with Crippen LogP contribution in [0.3, 0.4) is 0 Å². The predicted octanol–water partition coefficient (Wildman–Crippen LogP) is 2.50. The lowest BCUT2D eigenvalue weighted by Crippen LogP contribution is -2.38. The Bertz CT molecular complexity index is 455. The first-order valence-electron chi connectivity index (χ1n) is 7.36. The first kappa shape index (κ1) is 14.7. The van der Waals surface area contributed by atoms with Crippen LogP contribution >= 0.6 is 0 Å². The van der Waals surface area contributed by atoms with Gasteiger partial charge in [-0.3, -0.25) is 4.99 Å². The molecule has 1 aliphatic carbocycles. The Morgan fingerprint density at radius 2 is 2.15 bits per heavy atom. The Morgan fingerprint density at radius 3 is 2.80 bits per heavy atom. The van der Waals surface area contributed by atoms with Gasteiger partial charge in [0.25, 0.3) is 0 Å². The van der Waals surface area contributed by atoms with Crippen molar-refractivity contribution in [3.63, 3.8) is 0 Å². The molecule has 1 aliphatic rings. The van der Waals surface area contributed by atoms with Crippen LogP contribution in [0.25, 0.3) is 0 Å². The second-order valence-corrected chi connectivity index (χ2v) is 5.31. The highest BCUT2D eigenvalue weighted by atomic mass is 16.5. The molecule has 0 atom stereocenters. The summed E-state index contributed by atoms with van der Waals surface area (Å²) >= 11 is 0. The molecular formula is C16H25N3O. The van der Waals surface area contributed by atoms with Gasteiger partial charge in [-0.05, 0) is 31.7 Å². The van der Waals surface area contributed by atoms with E-state index in [1.54, 1.807) is 7.11 Å². The minimum Gasteiger partial charge on any atom is -0.496 e. The predicted molar refractivity (Wildman–Crippen MR) is 83.2 cm³/mol. The molecule has 0 bridgehead atoms. The number of aliphatic imine (C=N–C) groups is 1. The topological polar surface area (TPSA) is 36.9 Å². The third-order valence-electron chi connectivity index (χ3n) is 3.49. The SMILES string of the molecule is CCNC(=NCC1CC1)N(C)Cc1ccccc1OC. The Hall–Kier alpha value is -1.71. The fourth-order valence-corrected chi connectivity index (χ4v) is 2.15. The number of methoxy groups -OCH3 is 1. The van der Waals surface area contributed by atoms with Crippen LogP contribution in [0.5, 0.6) is 5.75 Å². The highest BCUT2D eigenvalue weighted by molar-refractivity contribution is 5.79. The highest BCUT2D eigenvalue weighted by Crippen LogP contribution is 2.28. The Labute approximate surface area is 121 Å². The molecule has 0 aliphatic heterocycles. The van der Waals surface area contributed by atoms with Crippen LogP contribution in [-0.4, -0.2) is 38.1 Å². The van der Waals surface area contributed by atoms with Crippen molar-refractivity contribution in [2.75, 3.05) is 27.2 Å². The maximum atomic E-state index is 5.41. The maximum Gasteiger partial charge on any atom is 0.193 e. The number of para-hydroxylation sites is 1. The number of rotatable bonds is 6.